The molecule has 2 aromatic heterocycles. The molecule has 5 nitrogen and oxygen atoms in total. The molecule has 0 saturated heterocycles. The number of pyridine rings is 1. The molecular weight excluding hydrogens is 287 g/mol. The van der Waals surface area contributed by atoms with Crippen molar-refractivity contribution in [2.24, 2.45) is 0 Å². The van der Waals surface area contributed by atoms with E-state index in [1.165, 1.54) is 18.0 Å². The number of hydrogen-bond acceptors (Lipinski definition) is 4. The van der Waals surface area contributed by atoms with Gasteiger partial charge in [-0.2, -0.15) is 18.3 Å². The molecule has 0 N–H and O–H groups in total. The van der Waals surface area contributed by atoms with Crippen molar-refractivity contribution in [2.45, 2.75) is 19.6 Å². The van der Waals surface area contributed by atoms with E-state index in [1.54, 1.807) is 6.92 Å². The average Bonchev–Trinajstić information content (AvgIpc) is 2.88. The summed E-state index contributed by atoms with van der Waals surface area (Å²) in [5.41, 5.74) is -0.848. The Bertz CT molecular complexity index is 626. The van der Waals surface area contributed by atoms with E-state index in [4.69, 9.17) is 4.74 Å². The Morgan fingerprint density at radius 3 is 2.52 bits per heavy atom. The quantitative estimate of drug-likeness (QED) is 0.814. The van der Waals surface area contributed by atoms with E-state index in [2.05, 4.69) is 10.1 Å². The molecular formula is C13H12F3N3O2. The third-order valence-electron chi connectivity index (χ3n) is 2.86. The molecule has 0 fully saturated rings. The number of alkyl halides is 3. The monoisotopic (exact) mass is 299 g/mol. The SMILES string of the molecule is CCn1ncc(OC)c1C(=O)c1ccc(C(F)(F)F)cn1. The zero-order valence-electron chi connectivity index (χ0n) is 11.3. The molecule has 0 aliphatic carbocycles. The Labute approximate surface area is 118 Å². The molecule has 2 rings (SSSR count). The van der Waals surface area contributed by atoms with Crippen LogP contribution in [0.1, 0.15) is 28.7 Å². The molecule has 2 aromatic rings. The van der Waals surface area contributed by atoms with Gasteiger partial charge in [-0.3, -0.25) is 14.5 Å². The van der Waals surface area contributed by atoms with E-state index in [1.807, 2.05) is 0 Å². The van der Waals surface area contributed by atoms with Crippen molar-refractivity contribution in [3.8, 4) is 5.75 Å². The summed E-state index contributed by atoms with van der Waals surface area (Å²) < 4.78 is 43.9. The van der Waals surface area contributed by atoms with Gasteiger partial charge in [0, 0.05) is 12.7 Å². The second-order valence-corrected chi connectivity index (χ2v) is 4.14. The highest BCUT2D eigenvalue weighted by Crippen LogP contribution is 2.29. The first kappa shape index (κ1) is 15.0. The molecule has 21 heavy (non-hydrogen) atoms. The highest BCUT2D eigenvalue weighted by atomic mass is 19.4. The van der Waals surface area contributed by atoms with Crippen molar-refractivity contribution < 1.29 is 22.7 Å². The van der Waals surface area contributed by atoms with Crippen LogP contribution >= 0.6 is 0 Å². The molecule has 0 atom stereocenters. The zero-order chi connectivity index (χ0) is 15.6. The number of aryl methyl sites for hydroxylation is 1. The minimum Gasteiger partial charge on any atom is -0.493 e. The molecule has 0 aromatic carbocycles. The highest BCUT2D eigenvalue weighted by Gasteiger charge is 2.31. The van der Waals surface area contributed by atoms with Gasteiger partial charge in [0.05, 0.1) is 18.9 Å². The third-order valence-corrected chi connectivity index (χ3v) is 2.86. The largest absolute Gasteiger partial charge is 0.493 e. The first-order valence-corrected chi connectivity index (χ1v) is 6.06. The Morgan fingerprint density at radius 1 is 1.33 bits per heavy atom. The van der Waals surface area contributed by atoms with Crippen molar-refractivity contribution in [1.29, 1.82) is 0 Å². The van der Waals surface area contributed by atoms with Gasteiger partial charge in [-0.1, -0.05) is 0 Å². The van der Waals surface area contributed by atoms with Gasteiger partial charge in [-0.05, 0) is 19.1 Å². The Hall–Kier alpha value is -2.38. The number of halogens is 3. The maximum Gasteiger partial charge on any atom is 0.417 e. The van der Waals surface area contributed by atoms with Crippen LogP contribution in [0, 0.1) is 0 Å². The summed E-state index contributed by atoms with van der Waals surface area (Å²) in [6.45, 7) is 2.20. The minimum absolute atomic E-state index is 0.100. The van der Waals surface area contributed by atoms with Crippen LogP contribution < -0.4 is 4.74 Å². The molecule has 0 aliphatic rings. The molecule has 0 spiro atoms. The Morgan fingerprint density at radius 2 is 2.05 bits per heavy atom. The standard InChI is InChI=1S/C13H12F3N3O2/c1-3-19-11(10(21-2)7-18-19)12(20)9-5-4-8(6-17-9)13(14,15)16/h4-7H,3H2,1-2H3. The maximum atomic E-state index is 12.5. The van der Waals surface area contributed by atoms with Gasteiger partial charge in [0.15, 0.2) is 11.4 Å². The van der Waals surface area contributed by atoms with Crippen LogP contribution in [0.25, 0.3) is 0 Å². The van der Waals surface area contributed by atoms with E-state index in [9.17, 15) is 18.0 Å². The first-order chi connectivity index (χ1) is 9.88. The fourth-order valence-corrected chi connectivity index (χ4v) is 1.80. The van der Waals surface area contributed by atoms with Crippen LogP contribution in [0.15, 0.2) is 24.5 Å². The molecule has 0 bridgehead atoms. The summed E-state index contributed by atoms with van der Waals surface area (Å²) in [6.07, 6.45) is -2.48. The van der Waals surface area contributed by atoms with Gasteiger partial charge >= 0.3 is 6.18 Å². The predicted molar refractivity (Wildman–Crippen MR) is 67.1 cm³/mol. The summed E-state index contributed by atoms with van der Waals surface area (Å²) in [5.74, 6) is -0.288. The lowest BCUT2D eigenvalue weighted by atomic mass is 10.1. The van der Waals surface area contributed by atoms with Crippen molar-refractivity contribution in [1.82, 2.24) is 14.8 Å². The topological polar surface area (TPSA) is 57.0 Å². The smallest absolute Gasteiger partial charge is 0.417 e. The number of carbonyl (C=O) groups is 1. The highest BCUT2D eigenvalue weighted by molar-refractivity contribution is 6.08. The number of hydrogen-bond donors (Lipinski definition) is 0. The number of aromatic nitrogens is 3. The number of methoxy groups -OCH3 is 1. The minimum atomic E-state index is -4.49. The Balaban J connectivity index is 2.39. The Kier molecular flexibility index (Phi) is 3.97. The summed E-state index contributed by atoms with van der Waals surface area (Å²) in [6, 6.07) is 1.86. The van der Waals surface area contributed by atoms with Gasteiger partial charge in [0.1, 0.15) is 5.69 Å². The van der Waals surface area contributed by atoms with Crippen LogP contribution in [-0.4, -0.2) is 27.7 Å². The molecule has 0 aliphatic heterocycles. The van der Waals surface area contributed by atoms with E-state index in [0.29, 0.717) is 12.7 Å². The van der Waals surface area contributed by atoms with E-state index in [-0.39, 0.29) is 17.1 Å². The van der Waals surface area contributed by atoms with Gasteiger partial charge in [0.2, 0.25) is 5.78 Å². The lowest BCUT2D eigenvalue weighted by Crippen LogP contribution is -2.14. The van der Waals surface area contributed by atoms with Crippen LogP contribution in [0.2, 0.25) is 0 Å². The van der Waals surface area contributed by atoms with Crippen molar-refractivity contribution in [3.05, 3.63) is 41.5 Å². The average molecular weight is 299 g/mol. The van der Waals surface area contributed by atoms with Crippen LogP contribution in [0.5, 0.6) is 5.75 Å². The molecule has 2 heterocycles. The lowest BCUT2D eigenvalue weighted by molar-refractivity contribution is -0.137. The van der Waals surface area contributed by atoms with Gasteiger partial charge < -0.3 is 4.74 Å². The summed E-state index contributed by atoms with van der Waals surface area (Å²) in [7, 11) is 1.38. The van der Waals surface area contributed by atoms with E-state index >= 15 is 0 Å². The normalized spacial score (nSPS) is 11.5. The summed E-state index contributed by atoms with van der Waals surface area (Å²) in [5, 5.41) is 3.97. The third kappa shape index (κ3) is 2.88. The second-order valence-electron chi connectivity index (χ2n) is 4.14. The van der Waals surface area contributed by atoms with Gasteiger partial charge in [-0.15, -0.1) is 0 Å². The number of ketones is 1. The van der Waals surface area contributed by atoms with E-state index < -0.39 is 17.5 Å². The number of rotatable bonds is 4. The second kappa shape index (κ2) is 5.55. The molecule has 0 saturated carbocycles. The van der Waals surface area contributed by atoms with Gasteiger partial charge in [0.25, 0.3) is 0 Å². The summed E-state index contributed by atoms with van der Waals surface area (Å²) >= 11 is 0. The number of ether oxygens (including phenoxy) is 1. The van der Waals surface area contributed by atoms with Crippen molar-refractivity contribution in [3.63, 3.8) is 0 Å². The van der Waals surface area contributed by atoms with Crippen LogP contribution in [0.4, 0.5) is 13.2 Å². The fourth-order valence-electron chi connectivity index (χ4n) is 1.80. The van der Waals surface area contributed by atoms with Crippen LogP contribution in [-0.2, 0) is 12.7 Å². The lowest BCUT2D eigenvalue weighted by Gasteiger charge is -2.08. The summed E-state index contributed by atoms with van der Waals surface area (Å²) in [4.78, 5) is 15.9. The molecule has 0 unspecified atom stereocenters. The van der Waals surface area contributed by atoms with E-state index in [0.717, 1.165) is 12.1 Å². The maximum absolute atomic E-state index is 12.5. The molecule has 0 amide bonds. The molecule has 0 radical (unpaired) electrons. The molecule has 112 valence electrons. The zero-order valence-corrected chi connectivity index (χ0v) is 11.3. The predicted octanol–water partition coefficient (Wildman–Crippen LogP) is 2.56. The van der Waals surface area contributed by atoms with Crippen molar-refractivity contribution in [2.75, 3.05) is 7.11 Å². The number of carbonyl (C=O) groups excluding carboxylic acids is 1. The van der Waals surface area contributed by atoms with Crippen molar-refractivity contribution >= 4 is 5.78 Å². The molecule has 8 heteroatoms. The fraction of sp³-hybridized carbons (Fsp3) is 0.308. The first-order valence-electron chi connectivity index (χ1n) is 6.06. The van der Waals surface area contributed by atoms with Crippen LogP contribution in [0.3, 0.4) is 0 Å². The van der Waals surface area contributed by atoms with Gasteiger partial charge in [-0.25, -0.2) is 0 Å². The number of nitrogens with zero attached hydrogens (tertiary/aromatic N) is 3.